The summed E-state index contributed by atoms with van der Waals surface area (Å²) >= 11 is 9.95. The Morgan fingerprint density at radius 3 is 2.52 bits per heavy atom. The number of hydrogen-bond donors (Lipinski definition) is 1. The SMILES string of the molecule is COc1ccc(NC2=Nc3ccccc3N3C2=Nc2c(c(C)nn2-c2ccccc2)[C@@H]3c2ccc(Br)o2)cc1Cl. The molecule has 1 N–H and O–H groups in total. The summed E-state index contributed by atoms with van der Waals surface area (Å²) in [6, 6.07) is 27.0. The average molecular weight is 614 g/mol. The summed E-state index contributed by atoms with van der Waals surface area (Å²) in [7, 11) is 1.59. The van der Waals surface area contributed by atoms with E-state index < -0.39 is 0 Å². The van der Waals surface area contributed by atoms with Crippen LogP contribution in [0, 0.1) is 6.92 Å². The van der Waals surface area contributed by atoms with E-state index in [1.54, 1.807) is 7.11 Å². The molecule has 2 aliphatic rings. The van der Waals surface area contributed by atoms with Gasteiger partial charge in [0.2, 0.25) is 0 Å². The van der Waals surface area contributed by atoms with Gasteiger partial charge in [-0.25, -0.2) is 14.7 Å². The van der Waals surface area contributed by atoms with Crippen molar-refractivity contribution in [3.63, 3.8) is 0 Å². The number of amidine groups is 2. The summed E-state index contributed by atoms with van der Waals surface area (Å²) in [6.07, 6.45) is 0. The maximum absolute atomic E-state index is 6.46. The molecule has 2 aliphatic heterocycles. The molecule has 0 fully saturated rings. The Morgan fingerprint density at radius 1 is 0.975 bits per heavy atom. The zero-order valence-electron chi connectivity index (χ0n) is 21.5. The molecule has 1 atom stereocenters. The van der Waals surface area contributed by atoms with Gasteiger partial charge >= 0.3 is 0 Å². The maximum atomic E-state index is 6.46. The number of hydrogen-bond acceptors (Lipinski definition) is 7. The molecule has 0 amide bonds. The van der Waals surface area contributed by atoms with Crippen molar-refractivity contribution in [3.8, 4) is 11.4 Å². The molecule has 198 valence electrons. The number of nitrogens with zero attached hydrogens (tertiary/aromatic N) is 5. The summed E-state index contributed by atoms with van der Waals surface area (Å²) in [5, 5.41) is 8.88. The van der Waals surface area contributed by atoms with Crippen molar-refractivity contribution in [2.75, 3.05) is 17.3 Å². The van der Waals surface area contributed by atoms with E-state index in [0.717, 1.165) is 39.8 Å². The first-order chi connectivity index (χ1) is 19.5. The maximum Gasteiger partial charge on any atom is 0.179 e. The third-order valence-corrected chi connectivity index (χ3v) is 7.64. The third kappa shape index (κ3) is 4.01. The lowest BCUT2D eigenvalue weighted by Gasteiger charge is -2.39. The minimum absolute atomic E-state index is 0.348. The van der Waals surface area contributed by atoms with Crippen LogP contribution in [0.5, 0.6) is 5.75 Å². The lowest BCUT2D eigenvalue weighted by atomic mass is 9.98. The molecule has 3 aromatic carbocycles. The van der Waals surface area contributed by atoms with Crippen molar-refractivity contribution in [2.45, 2.75) is 13.0 Å². The second kappa shape index (κ2) is 9.69. The molecule has 5 aromatic rings. The van der Waals surface area contributed by atoms with Crippen LogP contribution in [-0.4, -0.2) is 28.6 Å². The van der Waals surface area contributed by atoms with E-state index >= 15 is 0 Å². The molecule has 0 saturated carbocycles. The molecule has 0 bridgehead atoms. The number of nitrogens with one attached hydrogen (secondary N) is 1. The molecule has 2 aromatic heterocycles. The fourth-order valence-electron chi connectivity index (χ4n) is 5.17. The average Bonchev–Trinajstić information content (AvgIpc) is 3.55. The Kier molecular flexibility index (Phi) is 5.98. The largest absolute Gasteiger partial charge is 0.495 e. The van der Waals surface area contributed by atoms with Crippen LogP contribution in [0.25, 0.3) is 5.69 Å². The lowest BCUT2D eigenvalue weighted by molar-refractivity contribution is 0.415. The first-order valence-corrected chi connectivity index (χ1v) is 13.8. The molecule has 0 aliphatic carbocycles. The number of benzene rings is 3. The number of halogens is 2. The Bertz CT molecular complexity index is 1830. The highest BCUT2D eigenvalue weighted by atomic mass is 79.9. The van der Waals surface area contributed by atoms with Gasteiger partial charge in [-0.2, -0.15) is 5.10 Å². The molecule has 40 heavy (non-hydrogen) atoms. The minimum Gasteiger partial charge on any atom is -0.495 e. The Labute approximate surface area is 243 Å². The van der Waals surface area contributed by atoms with Gasteiger partial charge in [-0.3, -0.25) is 0 Å². The van der Waals surface area contributed by atoms with Crippen LogP contribution in [0.2, 0.25) is 5.02 Å². The molecule has 7 rings (SSSR count). The van der Waals surface area contributed by atoms with Crippen LogP contribution in [0.15, 0.2) is 104 Å². The smallest absolute Gasteiger partial charge is 0.179 e. The molecular weight excluding hydrogens is 592 g/mol. The van der Waals surface area contributed by atoms with Gasteiger partial charge < -0.3 is 19.4 Å². The van der Waals surface area contributed by atoms with Crippen LogP contribution in [-0.2, 0) is 0 Å². The standard InChI is InChI=1S/C30H22BrClN6O2/c1-17-26-27(24-14-15-25(31)40-24)37-22-11-7-6-10-21(22)34-28(33-18-12-13-23(39-2)20(32)16-18)30(37)35-29(26)38(36-17)19-8-4-3-5-9-19/h3-16,27H,1-2H3,(H,33,34)/t27-/m0/s1. The number of ether oxygens (including phenoxy) is 1. The normalized spacial score (nSPS) is 15.5. The van der Waals surface area contributed by atoms with E-state index in [1.807, 2.05) is 96.5 Å². The quantitative estimate of drug-likeness (QED) is 0.222. The van der Waals surface area contributed by atoms with Gasteiger partial charge in [-0.05, 0) is 77.5 Å². The van der Waals surface area contributed by atoms with Gasteiger partial charge in [-0.15, -0.1) is 0 Å². The molecule has 4 heterocycles. The fourth-order valence-corrected chi connectivity index (χ4v) is 5.75. The van der Waals surface area contributed by atoms with Crippen molar-refractivity contribution in [3.05, 3.63) is 112 Å². The van der Waals surface area contributed by atoms with Crippen LogP contribution in [0.3, 0.4) is 0 Å². The molecule has 8 nitrogen and oxygen atoms in total. The summed E-state index contributed by atoms with van der Waals surface area (Å²) in [5.74, 6) is 3.26. The van der Waals surface area contributed by atoms with E-state index in [4.69, 9.17) is 35.8 Å². The van der Waals surface area contributed by atoms with E-state index in [1.165, 1.54) is 0 Å². The van der Waals surface area contributed by atoms with E-state index in [2.05, 4.69) is 26.1 Å². The molecule has 0 saturated heterocycles. The summed E-state index contributed by atoms with van der Waals surface area (Å²) in [4.78, 5) is 12.4. The molecule has 10 heteroatoms. The van der Waals surface area contributed by atoms with Crippen LogP contribution >= 0.6 is 27.5 Å². The number of fused-ring (bicyclic) bond motifs is 4. The van der Waals surface area contributed by atoms with Gasteiger partial charge in [0.25, 0.3) is 0 Å². The Hall–Kier alpha value is -4.34. The lowest BCUT2D eigenvalue weighted by Crippen LogP contribution is -2.46. The van der Waals surface area contributed by atoms with Gasteiger partial charge in [0, 0.05) is 5.69 Å². The number of methoxy groups -OCH3 is 1. The van der Waals surface area contributed by atoms with Crippen molar-refractivity contribution >= 4 is 62.1 Å². The second-order valence-corrected chi connectivity index (χ2v) is 10.5. The first kappa shape index (κ1) is 24.7. The van der Waals surface area contributed by atoms with E-state index in [-0.39, 0.29) is 6.04 Å². The number of aromatic nitrogens is 2. The Morgan fingerprint density at radius 2 is 1.77 bits per heavy atom. The molecule has 0 spiro atoms. The number of aryl methyl sites for hydroxylation is 1. The second-order valence-electron chi connectivity index (χ2n) is 9.34. The highest BCUT2D eigenvalue weighted by Crippen LogP contribution is 2.48. The summed E-state index contributed by atoms with van der Waals surface area (Å²) in [6.45, 7) is 2.01. The first-order valence-electron chi connectivity index (χ1n) is 12.6. The predicted octanol–water partition coefficient (Wildman–Crippen LogP) is 7.99. The van der Waals surface area contributed by atoms with Crippen LogP contribution in [0.1, 0.15) is 23.1 Å². The summed E-state index contributed by atoms with van der Waals surface area (Å²) in [5.41, 5.74) is 5.19. The Balaban J connectivity index is 1.47. The van der Waals surface area contributed by atoms with E-state index in [0.29, 0.717) is 32.9 Å². The third-order valence-electron chi connectivity index (χ3n) is 6.92. The zero-order valence-corrected chi connectivity index (χ0v) is 23.8. The van der Waals surface area contributed by atoms with E-state index in [9.17, 15) is 0 Å². The van der Waals surface area contributed by atoms with Gasteiger partial charge in [0.15, 0.2) is 22.2 Å². The highest BCUT2D eigenvalue weighted by Gasteiger charge is 2.42. The summed E-state index contributed by atoms with van der Waals surface area (Å²) < 4.78 is 14.1. The number of aliphatic imine (C=N–C) groups is 2. The monoisotopic (exact) mass is 612 g/mol. The van der Waals surface area contributed by atoms with Crippen molar-refractivity contribution in [1.82, 2.24) is 9.78 Å². The van der Waals surface area contributed by atoms with Crippen molar-refractivity contribution in [1.29, 1.82) is 0 Å². The molecular formula is C30H22BrClN6O2. The van der Waals surface area contributed by atoms with Crippen LogP contribution in [0.4, 0.5) is 22.9 Å². The number of anilines is 2. The van der Waals surface area contributed by atoms with Crippen LogP contribution < -0.4 is 15.0 Å². The predicted molar refractivity (Wildman–Crippen MR) is 161 cm³/mol. The molecule has 0 unspecified atom stereocenters. The van der Waals surface area contributed by atoms with Crippen molar-refractivity contribution < 1.29 is 9.15 Å². The highest BCUT2D eigenvalue weighted by molar-refractivity contribution is 9.10. The van der Waals surface area contributed by atoms with Crippen molar-refractivity contribution in [2.24, 2.45) is 9.98 Å². The minimum atomic E-state index is -0.348. The zero-order chi connectivity index (χ0) is 27.4. The van der Waals surface area contributed by atoms with Gasteiger partial charge in [0.1, 0.15) is 17.6 Å². The number of furan rings is 1. The fraction of sp³-hybridized carbons (Fsp3) is 0.100. The van der Waals surface area contributed by atoms with Gasteiger partial charge in [0.05, 0.1) is 40.5 Å². The van der Waals surface area contributed by atoms with Gasteiger partial charge in [-0.1, -0.05) is 41.9 Å². The number of para-hydroxylation sites is 3. The molecule has 0 radical (unpaired) electrons. The number of rotatable bonds is 4. The topological polar surface area (TPSA) is 80.2 Å².